The summed E-state index contributed by atoms with van der Waals surface area (Å²) < 4.78 is 4.86. The zero-order valence-corrected chi connectivity index (χ0v) is 9.93. The lowest BCUT2D eigenvalue weighted by molar-refractivity contribution is 0.0914. The second-order valence-corrected chi connectivity index (χ2v) is 4.90. The molecule has 0 radical (unpaired) electrons. The van der Waals surface area contributed by atoms with Gasteiger partial charge in [-0.15, -0.1) is 11.3 Å². The van der Waals surface area contributed by atoms with Gasteiger partial charge in [-0.25, -0.2) is 0 Å². The van der Waals surface area contributed by atoms with Gasteiger partial charge in [-0.05, 0) is 26.0 Å². The van der Waals surface area contributed by atoms with Gasteiger partial charge in [0.25, 0.3) is 5.91 Å². The van der Waals surface area contributed by atoms with Crippen LogP contribution in [0.2, 0.25) is 0 Å². The molecule has 0 atom stereocenters. The fraction of sp³-hybridized carbons (Fsp3) is 0.273. The highest BCUT2D eigenvalue weighted by Gasteiger charge is 2.10. The van der Waals surface area contributed by atoms with E-state index in [4.69, 9.17) is 4.52 Å². The molecule has 0 aliphatic rings. The van der Waals surface area contributed by atoms with Crippen molar-refractivity contribution < 1.29 is 9.32 Å². The van der Waals surface area contributed by atoms with Crippen molar-refractivity contribution in [2.75, 3.05) is 0 Å². The Morgan fingerprint density at radius 1 is 1.50 bits per heavy atom. The molecule has 0 aliphatic carbocycles. The second kappa shape index (κ2) is 4.49. The summed E-state index contributed by atoms with van der Waals surface area (Å²) in [5.41, 5.74) is 0.706. The Balaban J connectivity index is 1.93. The predicted molar refractivity (Wildman–Crippen MR) is 61.5 cm³/mol. The van der Waals surface area contributed by atoms with Crippen molar-refractivity contribution in [3.63, 3.8) is 0 Å². The molecule has 0 aromatic carbocycles. The van der Waals surface area contributed by atoms with Crippen molar-refractivity contribution in [3.05, 3.63) is 39.4 Å². The third-order valence-electron chi connectivity index (χ3n) is 2.07. The smallest absolute Gasteiger partial charge is 0.290 e. The van der Waals surface area contributed by atoms with E-state index in [0.717, 1.165) is 4.88 Å². The van der Waals surface area contributed by atoms with Gasteiger partial charge in [0, 0.05) is 15.8 Å². The Hall–Kier alpha value is -1.62. The average Bonchev–Trinajstić information content (AvgIpc) is 2.84. The van der Waals surface area contributed by atoms with Crippen molar-refractivity contribution in [3.8, 4) is 0 Å². The van der Waals surface area contributed by atoms with E-state index in [1.165, 1.54) is 4.88 Å². The first-order valence-electron chi connectivity index (χ1n) is 4.92. The minimum Gasteiger partial charge on any atom is -0.351 e. The summed E-state index contributed by atoms with van der Waals surface area (Å²) in [5.74, 6) is 0.0254. The molecule has 4 nitrogen and oxygen atoms in total. The number of nitrogens with one attached hydrogen (secondary N) is 1. The largest absolute Gasteiger partial charge is 0.351 e. The highest BCUT2D eigenvalue weighted by atomic mass is 32.1. The zero-order chi connectivity index (χ0) is 11.5. The minimum atomic E-state index is -0.230. The van der Waals surface area contributed by atoms with Gasteiger partial charge in [0.1, 0.15) is 0 Å². The van der Waals surface area contributed by atoms with E-state index < -0.39 is 0 Å². The van der Waals surface area contributed by atoms with Crippen LogP contribution in [0.25, 0.3) is 0 Å². The molecule has 1 N–H and O–H groups in total. The highest BCUT2D eigenvalue weighted by molar-refractivity contribution is 7.11. The number of carbonyl (C=O) groups excluding carboxylic acids is 1. The molecular weight excluding hydrogens is 224 g/mol. The van der Waals surface area contributed by atoms with Crippen LogP contribution in [0.1, 0.15) is 26.0 Å². The standard InChI is InChI=1S/C11H12N2O2S/c1-7-5-10(15-13-7)11(14)12-6-9-4-3-8(2)16-9/h3-5H,6H2,1-2H3,(H,12,14). The van der Waals surface area contributed by atoms with Gasteiger partial charge >= 0.3 is 0 Å². The van der Waals surface area contributed by atoms with E-state index in [9.17, 15) is 4.79 Å². The first-order chi connectivity index (χ1) is 7.65. The summed E-state index contributed by atoms with van der Waals surface area (Å²) in [6, 6.07) is 5.66. The van der Waals surface area contributed by atoms with Crippen LogP contribution in [-0.2, 0) is 6.54 Å². The molecule has 0 saturated carbocycles. The maximum Gasteiger partial charge on any atom is 0.290 e. The number of carbonyl (C=O) groups is 1. The van der Waals surface area contributed by atoms with Gasteiger partial charge in [-0.2, -0.15) is 0 Å². The van der Waals surface area contributed by atoms with Gasteiger partial charge in [0.05, 0.1) is 12.2 Å². The van der Waals surface area contributed by atoms with E-state index in [2.05, 4.69) is 10.5 Å². The van der Waals surface area contributed by atoms with Gasteiger partial charge in [0.2, 0.25) is 5.76 Å². The van der Waals surface area contributed by atoms with Gasteiger partial charge < -0.3 is 9.84 Å². The third-order valence-corrected chi connectivity index (χ3v) is 3.07. The lowest BCUT2D eigenvalue weighted by atomic mass is 10.3. The topological polar surface area (TPSA) is 55.1 Å². The molecule has 0 fully saturated rings. The normalized spacial score (nSPS) is 10.4. The first kappa shape index (κ1) is 10.9. The number of amides is 1. The number of hydrogen-bond donors (Lipinski definition) is 1. The number of nitrogens with zero attached hydrogens (tertiary/aromatic N) is 1. The Morgan fingerprint density at radius 2 is 2.31 bits per heavy atom. The summed E-state index contributed by atoms with van der Waals surface area (Å²) in [6.07, 6.45) is 0. The number of hydrogen-bond acceptors (Lipinski definition) is 4. The molecule has 0 spiro atoms. The lowest BCUT2D eigenvalue weighted by Gasteiger charge is -1.99. The Labute approximate surface area is 97.3 Å². The summed E-state index contributed by atoms with van der Waals surface area (Å²) in [5, 5.41) is 6.44. The van der Waals surface area contributed by atoms with Crippen LogP contribution in [0.4, 0.5) is 0 Å². The molecule has 0 unspecified atom stereocenters. The molecule has 2 aromatic heterocycles. The first-order valence-corrected chi connectivity index (χ1v) is 5.73. The number of rotatable bonds is 3. The second-order valence-electron chi connectivity index (χ2n) is 3.53. The zero-order valence-electron chi connectivity index (χ0n) is 9.11. The van der Waals surface area contributed by atoms with Crippen molar-refractivity contribution >= 4 is 17.2 Å². The minimum absolute atomic E-state index is 0.230. The van der Waals surface area contributed by atoms with E-state index in [0.29, 0.717) is 12.2 Å². The molecule has 0 aliphatic heterocycles. The van der Waals surface area contributed by atoms with Crippen LogP contribution >= 0.6 is 11.3 Å². The van der Waals surface area contributed by atoms with Crippen LogP contribution in [0, 0.1) is 13.8 Å². The molecule has 2 rings (SSSR count). The van der Waals surface area contributed by atoms with Crippen LogP contribution < -0.4 is 5.32 Å². The maximum absolute atomic E-state index is 11.6. The number of aryl methyl sites for hydroxylation is 2. The Bertz CT molecular complexity index is 502. The monoisotopic (exact) mass is 236 g/mol. The van der Waals surface area contributed by atoms with E-state index in [1.807, 2.05) is 19.1 Å². The molecule has 2 heterocycles. The van der Waals surface area contributed by atoms with E-state index >= 15 is 0 Å². The van der Waals surface area contributed by atoms with Crippen LogP contribution in [0.15, 0.2) is 22.7 Å². The predicted octanol–water partition coefficient (Wildman–Crippen LogP) is 2.28. The quantitative estimate of drug-likeness (QED) is 0.889. The van der Waals surface area contributed by atoms with E-state index in [1.54, 1.807) is 24.3 Å². The third kappa shape index (κ3) is 2.49. The highest BCUT2D eigenvalue weighted by Crippen LogP contribution is 2.14. The van der Waals surface area contributed by atoms with Crippen LogP contribution in [0.3, 0.4) is 0 Å². The van der Waals surface area contributed by atoms with Gasteiger partial charge in [-0.1, -0.05) is 5.16 Å². The van der Waals surface area contributed by atoms with Crippen molar-refractivity contribution in [1.82, 2.24) is 10.5 Å². The molecule has 5 heteroatoms. The van der Waals surface area contributed by atoms with Crippen LogP contribution in [0.5, 0.6) is 0 Å². The fourth-order valence-electron chi connectivity index (χ4n) is 1.31. The summed E-state index contributed by atoms with van der Waals surface area (Å²) in [4.78, 5) is 14.0. The number of aromatic nitrogens is 1. The lowest BCUT2D eigenvalue weighted by Crippen LogP contribution is -2.21. The molecule has 1 amide bonds. The summed E-state index contributed by atoms with van der Waals surface area (Å²) >= 11 is 1.67. The van der Waals surface area contributed by atoms with Gasteiger partial charge in [-0.3, -0.25) is 4.79 Å². The Morgan fingerprint density at radius 3 is 2.88 bits per heavy atom. The Kier molecular flexibility index (Phi) is 3.05. The van der Waals surface area contributed by atoms with Crippen molar-refractivity contribution in [2.45, 2.75) is 20.4 Å². The van der Waals surface area contributed by atoms with Gasteiger partial charge in [0.15, 0.2) is 0 Å². The summed E-state index contributed by atoms with van der Waals surface area (Å²) in [6.45, 7) is 4.34. The van der Waals surface area contributed by atoms with Crippen LogP contribution in [-0.4, -0.2) is 11.1 Å². The number of thiophene rings is 1. The molecule has 16 heavy (non-hydrogen) atoms. The molecule has 2 aromatic rings. The van der Waals surface area contributed by atoms with Crippen molar-refractivity contribution in [2.24, 2.45) is 0 Å². The SMILES string of the molecule is Cc1cc(C(=O)NCc2ccc(C)s2)on1. The molecule has 0 saturated heterocycles. The van der Waals surface area contributed by atoms with E-state index in [-0.39, 0.29) is 11.7 Å². The molecule has 0 bridgehead atoms. The van der Waals surface area contributed by atoms with Crippen molar-refractivity contribution in [1.29, 1.82) is 0 Å². The summed E-state index contributed by atoms with van der Waals surface area (Å²) in [7, 11) is 0. The molecule has 84 valence electrons. The molecular formula is C11H12N2O2S. The maximum atomic E-state index is 11.6. The fourth-order valence-corrected chi connectivity index (χ4v) is 2.14. The average molecular weight is 236 g/mol.